The van der Waals surface area contributed by atoms with Gasteiger partial charge in [0.1, 0.15) is 12.6 Å². The molecule has 12 nitrogen and oxygen atoms in total. The van der Waals surface area contributed by atoms with Crippen LogP contribution in [0.15, 0.2) is 36.5 Å². The first kappa shape index (κ1) is 56.7. The molecule has 13 heteroatoms. The highest BCUT2D eigenvalue weighted by Crippen LogP contribution is 2.43. The van der Waals surface area contributed by atoms with Crippen LogP contribution in [0.3, 0.4) is 0 Å². The van der Waals surface area contributed by atoms with E-state index in [0.717, 1.165) is 44.9 Å². The van der Waals surface area contributed by atoms with Gasteiger partial charge in [-0.3, -0.25) is 23.4 Å². The fourth-order valence-corrected chi connectivity index (χ4v) is 7.64. The van der Waals surface area contributed by atoms with Crippen molar-refractivity contribution < 1.29 is 52.2 Å². The molecule has 61 heavy (non-hydrogen) atoms. The van der Waals surface area contributed by atoms with Gasteiger partial charge in [-0.05, 0) is 51.4 Å². The third-order valence-corrected chi connectivity index (χ3v) is 11.7. The zero-order valence-corrected chi connectivity index (χ0v) is 39.1. The van der Waals surface area contributed by atoms with E-state index in [4.69, 9.17) is 29.6 Å². The maximum Gasteiger partial charge on any atom is 0.472 e. The monoisotopic (exact) mass is 884 g/mol. The molecule has 0 amide bonds. The second kappa shape index (κ2) is 39.3. The fraction of sp³-hybridized carbons (Fsp3) is 0.812. The average Bonchev–Trinajstić information content (AvgIpc) is 4.00. The minimum Gasteiger partial charge on any atom is -0.480 e. The number of hydrogen-bond acceptors (Lipinski definition) is 10. The molecule has 1 saturated heterocycles. The Hall–Kier alpha value is -2.34. The summed E-state index contributed by atoms with van der Waals surface area (Å²) in [7, 11) is -4.74. The second-order valence-corrected chi connectivity index (χ2v) is 18.1. The van der Waals surface area contributed by atoms with Gasteiger partial charge in [0.2, 0.25) is 0 Å². The SMILES string of the molecule is CCCCC/C=C\C/C=C\CC1OC1C/C=C\CCCC(=O)OC[C@H](COP(=O)(O)OC[C@H](N)C(=O)O)OC(=O)CCCCCCCCCCCCCCCCCCCCC. The highest BCUT2D eigenvalue weighted by molar-refractivity contribution is 7.47. The van der Waals surface area contributed by atoms with Gasteiger partial charge in [0.05, 0.1) is 25.4 Å². The Labute approximate surface area is 369 Å². The van der Waals surface area contributed by atoms with Gasteiger partial charge >= 0.3 is 25.7 Å². The molecule has 0 bridgehead atoms. The molecule has 0 spiro atoms. The summed E-state index contributed by atoms with van der Waals surface area (Å²) >= 11 is 0. The van der Waals surface area contributed by atoms with Gasteiger partial charge in [-0.15, -0.1) is 0 Å². The molecule has 0 aromatic carbocycles. The van der Waals surface area contributed by atoms with Crippen molar-refractivity contribution in [3.63, 3.8) is 0 Å². The molecule has 1 fully saturated rings. The molecule has 0 radical (unpaired) electrons. The van der Waals surface area contributed by atoms with Gasteiger partial charge in [-0.1, -0.05) is 179 Å². The molecular formula is C48H86NO11P. The number of esters is 2. The molecule has 0 aromatic rings. The zero-order chi connectivity index (χ0) is 44.7. The van der Waals surface area contributed by atoms with Crippen LogP contribution in [-0.2, 0) is 42.2 Å². The van der Waals surface area contributed by atoms with Crippen LogP contribution >= 0.6 is 7.82 Å². The number of phosphoric acid groups is 1. The van der Waals surface area contributed by atoms with Gasteiger partial charge in [-0.2, -0.15) is 0 Å². The number of aliphatic carboxylic acids is 1. The van der Waals surface area contributed by atoms with Gasteiger partial charge in [0.25, 0.3) is 0 Å². The van der Waals surface area contributed by atoms with Crippen molar-refractivity contribution in [2.45, 2.75) is 231 Å². The predicted octanol–water partition coefficient (Wildman–Crippen LogP) is 12.2. The number of hydrogen-bond donors (Lipinski definition) is 3. The lowest BCUT2D eigenvalue weighted by atomic mass is 10.0. The summed E-state index contributed by atoms with van der Waals surface area (Å²) in [4.78, 5) is 46.1. The topological polar surface area (TPSA) is 184 Å². The lowest BCUT2D eigenvalue weighted by Gasteiger charge is -2.20. The molecule has 3 unspecified atom stereocenters. The Morgan fingerprint density at radius 1 is 0.590 bits per heavy atom. The number of allylic oxidation sites excluding steroid dienone is 4. The summed E-state index contributed by atoms with van der Waals surface area (Å²) in [5, 5.41) is 8.91. The fourth-order valence-electron chi connectivity index (χ4n) is 6.86. The van der Waals surface area contributed by atoms with E-state index in [1.165, 1.54) is 116 Å². The van der Waals surface area contributed by atoms with Crippen molar-refractivity contribution in [2.75, 3.05) is 19.8 Å². The number of carboxylic acid groups (broad SMARTS) is 1. The highest BCUT2D eigenvalue weighted by Gasteiger charge is 2.36. The van der Waals surface area contributed by atoms with Crippen LogP contribution in [0.25, 0.3) is 0 Å². The van der Waals surface area contributed by atoms with E-state index in [-0.39, 0.29) is 31.7 Å². The Balaban J connectivity index is 2.27. The summed E-state index contributed by atoms with van der Waals surface area (Å²) in [5.74, 6) is -2.45. The van der Waals surface area contributed by atoms with Crippen LogP contribution in [0, 0.1) is 0 Å². The zero-order valence-electron chi connectivity index (χ0n) is 38.2. The summed E-state index contributed by atoms with van der Waals surface area (Å²) in [5.41, 5.74) is 5.34. The predicted molar refractivity (Wildman–Crippen MR) is 244 cm³/mol. The van der Waals surface area contributed by atoms with E-state index >= 15 is 0 Å². The number of carbonyl (C=O) groups excluding carboxylic acids is 2. The number of rotatable bonds is 44. The lowest BCUT2D eigenvalue weighted by Crippen LogP contribution is -2.34. The standard InChI is InChI=1S/C48H86NO11P/c1-3-5-7-9-11-13-14-15-16-17-18-19-20-21-22-24-26-28-34-38-47(51)59-42(40-57-61(54,55)58-41-43(49)48(52)53)39-56-46(50)37-33-30-29-32-36-45-44(60-45)35-31-27-25-23-12-10-8-6-4-2/h12,23,27,29,31-32,42-45H,3-11,13-22,24-26,28,30,33-41,49H2,1-2H3,(H,52,53)(H,54,55)/b23-12-,31-27-,32-29-/t42-,43+,44?,45?/m1/s1. The Bertz CT molecular complexity index is 1240. The summed E-state index contributed by atoms with van der Waals surface area (Å²) in [6.07, 6.45) is 45.2. The highest BCUT2D eigenvalue weighted by atomic mass is 31.2. The molecule has 0 aromatic heterocycles. The third kappa shape index (κ3) is 36.8. The molecule has 1 rings (SSSR count). The Morgan fingerprint density at radius 2 is 1.03 bits per heavy atom. The smallest absolute Gasteiger partial charge is 0.472 e. The number of nitrogens with two attached hydrogens (primary N) is 1. The maximum absolute atomic E-state index is 12.7. The molecule has 1 aliphatic rings. The van der Waals surface area contributed by atoms with E-state index in [1.807, 2.05) is 6.08 Å². The van der Waals surface area contributed by atoms with E-state index in [1.54, 1.807) is 0 Å². The van der Waals surface area contributed by atoms with Crippen molar-refractivity contribution in [3.8, 4) is 0 Å². The normalized spacial score (nSPS) is 17.2. The summed E-state index contributed by atoms with van der Waals surface area (Å²) in [6, 6.07) is -1.53. The lowest BCUT2D eigenvalue weighted by molar-refractivity contribution is -0.161. The number of carboxylic acids is 1. The quantitative estimate of drug-likeness (QED) is 0.0173. The van der Waals surface area contributed by atoms with E-state index < -0.39 is 51.1 Å². The van der Waals surface area contributed by atoms with Crippen molar-refractivity contribution in [2.24, 2.45) is 5.73 Å². The number of phosphoric ester groups is 1. The van der Waals surface area contributed by atoms with E-state index in [0.29, 0.717) is 19.3 Å². The van der Waals surface area contributed by atoms with Gasteiger partial charge < -0.3 is 29.9 Å². The molecule has 4 N–H and O–H groups in total. The van der Waals surface area contributed by atoms with Crippen LogP contribution in [-0.4, -0.2) is 72.1 Å². The first-order valence-electron chi connectivity index (χ1n) is 24.1. The van der Waals surface area contributed by atoms with E-state index in [9.17, 15) is 23.8 Å². The average molecular weight is 884 g/mol. The van der Waals surface area contributed by atoms with E-state index in [2.05, 4.69) is 48.8 Å². The van der Waals surface area contributed by atoms with Crippen LogP contribution in [0.1, 0.15) is 206 Å². The van der Waals surface area contributed by atoms with Crippen LogP contribution in [0.2, 0.25) is 0 Å². The first-order valence-corrected chi connectivity index (χ1v) is 25.6. The Morgan fingerprint density at radius 3 is 1.59 bits per heavy atom. The molecular weight excluding hydrogens is 797 g/mol. The molecule has 354 valence electrons. The summed E-state index contributed by atoms with van der Waals surface area (Å²) in [6.45, 7) is 2.73. The van der Waals surface area contributed by atoms with Gasteiger partial charge in [0.15, 0.2) is 6.10 Å². The first-order chi connectivity index (χ1) is 29.6. The van der Waals surface area contributed by atoms with Crippen LogP contribution < -0.4 is 5.73 Å². The van der Waals surface area contributed by atoms with Crippen molar-refractivity contribution >= 4 is 25.7 Å². The van der Waals surface area contributed by atoms with Crippen LogP contribution in [0.4, 0.5) is 0 Å². The van der Waals surface area contributed by atoms with Crippen LogP contribution in [0.5, 0.6) is 0 Å². The molecule has 0 saturated carbocycles. The van der Waals surface area contributed by atoms with Gasteiger partial charge in [0, 0.05) is 12.8 Å². The third-order valence-electron chi connectivity index (χ3n) is 10.8. The summed E-state index contributed by atoms with van der Waals surface area (Å²) < 4.78 is 38.5. The molecule has 1 aliphatic heterocycles. The number of carbonyl (C=O) groups is 3. The second-order valence-electron chi connectivity index (χ2n) is 16.6. The molecule has 0 aliphatic carbocycles. The number of ether oxygens (including phenoxy) is 3. The number of unbranched alkanes of at least 4 members (excludes halogenated alkanes) is 22. The van der Waals surface area contributed by atoms with Crippen molar-refractivity contribution in [1.82, 2.24) is 0 Å². The van der Waals surface area contributed by atoms with Gasteiger partial charge in [-0.25, -0.2) is 4.57 Å². The minimum absolute atomic E-state index is 0.139. The molecule has 1 heterocycles. The van der Waals surface area contributed by atoms with Crippen molar-refractivity contribution in [1.29, 1.82) is 0 Å². The Kier molecular flexibility index (Phi) is 36.5. The minimum atomic E-state index is -4.74. The number of epoxide rings is 1. The maximum atomic E-state index is 12.7. The largest absolute Gasteiger partial charge is 0.480 e. The van der Waals surface area contributed by atoms with Crippen molar-refractivity contribution in [3.05, 3.63) is 36.5 Å². The molecule has 5 atom stereocenters.